The van der Waals surface area contributed by atoms with Crippen LogP contribution in [0.1, 0.15) is 40.0 Å². The van der Waals surface area contributed by atoms with Crippen molar-refractivity contribution in [2.75, 3.05) is 0 Å². The molecule has 2 atom stereocenters. The third-order valence-corrected chi connectivity index (χ3v) is 2.80. The minimum Gasteiger partial charge on any atom is -0.299 e. The zero-order valence-corrected chi connectivity index (χ0v) is 8.67. The largest absolute Gasteiger partial charge is 0.299 e. The molecule has 0 bridgehead atoms. The van der Waals surface area contributed by atoms with E-state index in [1.54, 1.807) is 0 Å². The van der Waals surface area contributed by atoms with Crippen LogP contribution in [0.15, 0.2) is 0 Å². The normalized spacial score (nSPS) is 29.4. The lowest BCUT2D eigenvalue weighted by Crippen LogP contribution is -2.32. The van der Waals surface area contributed by atoms with Gasteiger partial charge in [0.2, 0.25) is 0 Å². The molecule has 0 N–H and O–H groups in total. The van der Waals surface area contributed by atoms with E-state index in [-0.39, 0.29) is 23.4 Å². The summed E-state index contributed by atoms with van der Waals surface area (Å²) in [7, 11) is 0. The van der Waals surface area contributed by atoms with Gasteiger partial charge < -0.3 is 0 Å². The Bertz CT molecular complexity index is 218. The molecule has 1 fully saturated rings. The first-order chi connectivity index (χ1) is 6.02. The first kappa shape index (κ1) is 10.4. The molecule has 0 amide bonds. The summed E-state index contributed by atoms with van der Waals surface area (Å²) in [6.07, 6.45) is 2.40. The third-order valence-electron chi connectivity index (χ3n) is 2.80. The fourth-order valence-electron chi connectivity index (χ4n) is 1.90. The highest BCUT2D eigenvalue weighted by Gasteiger charge is 2.32. The van der Waals surface area contributed by atoms with Crippen LogP contribution in [-0.2, 0) is 9.59 Å². The maximum Gasteiger partial charge on any atom is 0.145 e. The van der Waals surface area contributed by atoms with E-state index in [0.29, 0.717) is 12.3 Å². The molecule has 2 unspecified atom stereocenters. The van der Waals surface area contributed by atoms with E-state index in [2.05, 4.69) is 6.92 Å². The molecule has 1 aliphatic carbocycles. The van der Waals surface area contributed by atoms with Gasteiger partial charge in [0.15, 0.2) is 0 Å². The Balaban J connectivity index is 2.61. The van der Waals surface area contributed by atoms with Gasteiger partial charge in [-0.15, -0.1) is 0 Å². The molecule has 0 aromatic carbocycles. The van der Waals surface area contributed by atoms with Crippen molar-refractivity contribution in [2.45, 2.75) is 40.0 Å². The van der Waals surface area contributed by atoms with Crippen LogP contribution >= 0.6 is 0 Å². The van der Waals surface area contributed by atoms with Crippen LogP contribution in [0.5, 0.6) is 0 Å². The summed E-state index contributed by atoms with van der Waals surface area (Å²) < 4.78 is 0. The average Bonchev–Trinajstić information content (AvgIpc) is 2.03. The van der Waals surface area contributed by atoms with Gasteiger partial charge in [-0.1, -0.05) is 20.8 Å². The minimum absolute atomic E-state index is 0.00218. The molecule has 0 radical (unpaired) electrons. The molecular formula is C11H18O2. The Labute approximate surface area is 79.7 Å². The molecule has 1 rings (SSSR count). The molecule has 1 saturated carbocycles. The summed E-state index contributed by atoms with van der Waals surface area (Å²) in [5.74, 6) is 0.497. The lowest BCUT2D eigenvalue weighted by atomic mass is 9.77. The summed E-state index contributed by atoms with van der Waals surface area (Å²) in [5.41, 5.74) is 0. The summed E-state index contributed by atoms with van der Waals surface area (Å²) >= 11 is 0. The smallest absolute Gasteiger partial charge is 0.145 e. The van der Waals surface area contributed by atoms with Crippen LogP contribution in [0.25, 0.3) is 0 Å². The number of Topliss-reactive ketones (excluding diaryl/α,β-unsaturated/α-hetero) is 2. The van der Waals surface area contributed by atoms with Gasteiger partial charge in [-0.25, -0.2) is 0 Å². The van der Waals surface area contributed by atoms with E-state index in [1.807, 2.05) is 13.8 Å². The molecule has 0 aromatic heterocycles. The quantitative estimate of drug-likeness (QED) is 0.614. The lowest BCUT2D eigenvalue weighted by Gasteiger charge is -2.24. The summed E-state index contributed by atoms with van der Waals surface area (Å²) in [5, 5.41) is 0. The van der Waals surface area contributed by atoms with Gasteiger partial charge in [-0.3, -0.25) is 9.59 Å². The molecule has 2 heteroatoms. The first-order valence-electron chi connectivity index (χ1n) is 5.08. The highest BCUT2D eigenvalue weighted by molar-refractivity contribution is 6.03. The number of carbonyl (C=O) groups excluding carboxylic acids is 2. The highest BCUT2D eigenvalue weighted by atomic mass is 16.2. The first-order valence-corrected chi connectivity index (χ1v) is 5.08. The Hall–Kier alpha value is -0.660. The Morgan fingerprint density at radius 1 is 1.38 bits per heavy atom. The zero-order valence-electron chi connectivity index (χ0n) is 8.67. The molecule has 0 saturated heterocycles. The summed E-state index contributed by atoms with van der Waals surface area (Å²) in [4.78, 5) is 23.1. The number of rotatable bonds is 2. The van der Waals surface area contributed by atoms with Crippen molar-refractivity contribution in [1.29, 1.82) is 0 Å². The Kier molecular flexibility index (Phi) is 3.23. The molecule has 2 nitrogen and oxygen atoms in total. The van der Waals surface area contributed by atoms with E-state index in [0.717, 1.165) is 12.8 Å². The van der Waals surface area contributed by atoms with Crippen LogP contribution in [0.2, 0.25) is 0 Å². The van der Waals surface area contributed by atoms with Crippen LogP contribution in [0, 0.1) is 17.8 Å². The van der Waals surface area contributed by atoms with E-state index in [4.69, 9.17) is 0 Å². The molecule has 74 valence electrons. The second kappa shape index (κ2) is 4.03. The van der Waals surface area contributed by atoms with E-state index < -0.39 is 0 Å². The number of hydrogen-bond donors (Lipinski definition) is 0. The van der Waals surface area contributed by atoms with Gasteiger partial charge >= 0.3 is 0 Å². The summed E-state index contributed by atoms with van der Waals surface area (Å²) in [6, 6.07) is 0. The van der Waals surface area contributed by atoms with Crippen molar-refractivity contribution < 1.29 is 9.59 Å². The van der Waals surface area contributed by atoms with Gasteiger partial charge in [0.1, 0.15) is 11.6 Å². The monoisotopic (exact) mass is 182 g/mol. The second-order valence-corrected chi connectivity index (χ2v) is 4.46. The molecule has 0 aromatic rings. The molecule has 1 aliphatic rings. The predicted octanol–water partition coefficient (Wildman–Crippen LogP) is 2.22. The van der Waals surface area contributed by atoms with Crippen molar-refractivity contribution in [3.05, 3.63) is 0 Å². The van der Waals surface area contributed by atoms with Gasteiger partial charge in [0.05, 0.1) is 5.92 Å². The predicted molar refractivity (Wildman–Crippen MR) is 51.4 cm³/mol. The Morgan fingerprint density at radius 2 is 2.00 bits per heavy atom. The zero-order chi connectivity index (χ0) is 10.0. The van der Waals surface area contributed by atoms with Gasteiger partial charge in [-0.2, -0.15) is 0 Å². The van der Waals surface area contributed by atoms with Gasteiger partial charge in [0.25, 0.3) is 0 Å². The van der Waals surface area contributed by atoms with Crippen LogP contribution in [0.3, 0.4) is 0 Å². The topological polar surface area (TPSA) is 34.1 Å². The fraction of sp³-hybridized carbons (Fsp3) is 0.818. The van der Waals surface area contributed by atoms with Crippen molar-refractivity contribution in [3.8, 4) is 0 Å². The molecule has 0 heterocycles. The van der Waals surface area contributed by atoms with Gasteiger partial charge in [0, 0.05) is 12.3 Å². The van der Waals surface area contributed by atoms with Crippen molar-refractivity contribution in [2.24, 2.45) is 17.8 Å². The summed E-state index contributed by atoms with van der Waals surface area (Å²) in [6.45, 7) is 5.81. The fourth-order valence-corrected chi connectivity index (χ4v) is 1.90. The second-order valence-electron chi connectivity index (χ2n) is 4.46. The van der Waals surface area contributed by atoms with Crippen LogP contribution in [-0.4, -0.2) is 11.6 Å². The lowest BCUT2D eigenvalue weighted by molar-refractivity contribution is -0.136. The number of ketones is 2. The maximum absolute atomic E-state index is 11.6. The van der Waals surface area contributed by atoms with Crippen molar-refractivity contribution in [3.63, 3.8) is 0 Å². The molecular weight excluding hydrogens is 164 g/mol. The molecule has 0 spiro atoms. The standard InChI is InChI=1S/C11H18O2/c1-7(2)11(13)9-5-4-8(3)6-10(9)12/h7-9H,4-6H2,1-3H3. The SMILES string of the molecule is CC1CCC(C(=O)C(C)C)C(=O)C1. The molecule has 13 heavy (non-hydrogen) atoms. The highest BCUT2D eigenvalue weighted by Crippen LogP contribution is 2.27. The van der Waals surface area contributed by atoms with Gasteiger partial charge in [-0.05, 0) is 18.8 Å². The van der Waals surface area contributed by atoms with E-state index >= 15 is 0 Å². The average molecular weight is 182 g/mol. The van der Waals surface area contributed by atoms with Crippen molar-refractivity contribution in [1.82, 2.24) is 0 Å². The molecule has 0 aliphatic heterocycles. The Morgan fingerprint density at radius 3 is 2.46 bits per heavy atom. The number of carbonyl (C=O) groups is 2. The van der Waals surface area contributed by atoms with Crippen LogP contribution < -0.4 is 0 Å². The van der Waals surface area contributed by atoms with Crippen molar-refractivity contribution >= 4 is 11.6 Å². The maximum atomic E-state index is 11.6. The number of hydrogen-bond acceptors (Lipinski definition) is 2. The minimum atomic E-state index is -0.281. The van der Waals surface area contributed by atoms with E-state index in [1.165, 1.54) is 0 Å². The van der Waals surface area contributed by atoms with E-state index in [9.17, 15) is 9.59 Å². The third kappa shape index (κ3) is 2.39. The van der Waals surface area contributed by atoms with Crippen LogP contribution in [0.4, 0.5) is 0 Å².